The van der Waals surface area contributed by atoms with Gasteiger partial charge in [-0.1, -0.05) is 29.8 Å². The normalized spacial score (nSPS) is 19.6. The van der Waals surface area contributed by atoms with Gasteiger partial charge in [-0.15, -0.1) is 0 Å². The summed E-state index contributed by atoms with van der Waals surface area (Å²) < 4.78 is 5.04. The first kappa shape index (κ1) is 13.1. The Bertz CT molecular complexity index is 420. The first-order chi connectivity index (χ1) is 8.72. The maximum absolute atomic E-state index is 11.9. The molecule has 0 aliphatic carbocycles. The van der Waals surface area contributed by atoms with Crippen molar-refractivity contribution in [3.8, 4) is 0 Å². The van der Waals surface area contributed by atoms with Crippen molar-refractivity contribution < 1.29 is 9.53 Å². The SMILES string of the molecule is COCCCN1C(=O)CNC1c1cccc(C)c1. The Morgan fingerprint density at radius 2 is 2.33 bits per heavy atom. The fraction of sp³-hybridized carbons (Fsp3) is 0.500. The number of nitrogens with one attached hydrogen (secondary N) is 1. The summed E-state index contributed by atoms with van der Waals surface area (Å²) in [5.41, 5.74) is 2.36. The highest BCUT2D eigenvalue weighted by atomic mass is 16.5. The van der Waals surface area contributed by atoms with E-state index in [1.807, 2.05) is 11.0 Å². The number of ether oxygens (including phenoxy) is 1. The minimum absolute atomic E-state index is 0.00857. The van der Waals surface area contributed by atoms with Gasteiger partial charge in [-0.05, 0) is 18.9 Å². The Morgan fingerprint density at radius 1 is 1.50 bits per heavy atom. The van der Waals surface area contributed by atoms with E-state index < -0.39 is 0 Å². The van der Waals surface area contributed by atoms with Gasteiger partial charge in [0.25, 0.3) is 0 Å². The number of carbonyl (C=O) groups is 1. The van der Waals surface area contributed by atoms with Crippen LogP contribution < -0.4 is 5.32 Å². The van der Waals surface area contributed by atoms with Crippen LogP contribution in [0.1, 0.15) is 23.7 Å². The van der Waals surface area contributed by atoms with E-state index in [0.717, 1.165) is 18.5 Å². The molecule has 1 aliphatic heterocycles. The maximum Gasteiger partial charge on any atom is 0.238 e. The van der Waals surface area contributed by atoms with Crippen LogP contribution in [0, 0.1) is 6.92 Å². The second kappa shape index (κ2) is 5.98. The summed E-state index contributed by atoms with van der Waals surface area (Å²) >= 11 is 0. The third-order valence-corrected chi connectivity index (χ3v) is 3.18. The molecular formula is C14H20N2O2. The van der Waals surface area contributed by atoms with E-state index in [9.17, 15) is 4.79 Å². The summed E-state index contributed by atoms with van der Waals surface area (Å²) in [5, 5.41) is 3.26. The molecule has 2 rings (SSSR count). The topological polar surface area (TPSA) is 41.6 Å². The molecular weight excluding hydrogens is 228 g/mol. The predicted octanol–water partition coefficient (Wildman–Crippen LogP) is 1.46. The molecule has 1 saturated heterocycles. The molecule has 1 fully saturated rings. The van der Waals surface area contributed by atoms with Crippen molar-refractivity contribution in [1.29, 1.82) is 0 Å². The van der Waals surface area contributed by atoms with Crippen molar-refractivity contribution in [3.05, 3.63) is 35.4 Å². The van der Waals surface area contributed by atoms with E-state index in [1.165, 1.54) is 5.56 Å². The first-order valence-electron chi connectivity index (χ1n) is 6.30. The van der Waals surface area contributed by atoms with Crippen LogP contribution in [0.2, 0.25) is 0 Å². The number of aryl methyl sites for hydroxylation is 1. The minimum Gasteiger partial charge on any atom is -0.385 e. The lowest BCUT2D eigenvalue weighted by Crippen LogP contribution is -2.31. The Balaban J connectivity index is 2.08. The molecule has 18 heavy (non-hydrogen) atoms. The molecule has 1 amide bonds. The summed E-state index contributed by atoms with van der Waals surface area (Å²) in [4.78, 5) is 13.8. The average Bonchev–Trinajstić information content (AvgIpc) is 2.72. The third kappa shape index (κ3) is 2.89. The van der Waals surface area contributed by atoms with Gasteiger partial charge < -0.3 is 9.64 Å². The van der Waals surface area contributed by atoms with E-state index in [-0.39, 0.29) is 12.1 Å². The lowest BCUT2D eigenvalue weighted by atomic mass is 10.1. The number of rotatable bonds is 5. The van der Waals surface area contributed by atoms with E-state index in [0.29, 0.717) is 13.2 Å². The number of hydrogen-bond donors (Lipinski definition) is 1. The fourth-order valence-corrected chi connectivity index (χ4v) is 2.31. The largest absolute Gasteiger partial charge is 0.385 e. The average molecular weight is 248 g/mol. The van der Waals surface area contributed by atoms with E-state index >= 15 is 0 Å². The summed E-state index contributed by atoms with van der Waals surface area (Å²) in [6.45, 7) is 3.91. The smallest absolute Gasteiger partial charge is 0.238 e. The van der Waals surface area contributed by atoms with E-state index in [1.54, 1.807) is 7.11 Å². The lowest BCUT2D eigenvalue weighted by Gasteiger charge is -2.24. The van der Waals surface area contributed by atoms with Gasteiger partial charge in [0.15, 0.2) is 0 Å². The first-order valence-corrected chi connectivity index (χ1v) is 6.30. The van der Waals surface area contributed by atoms with Crippen LogP contribution in [0.25, 0.3) is 0 Å². The molecule has 98 valence electrons. The zero-order valence-electron chi connectivity index (χ0n) is 11.0. The molecule has 4 heteroatoms. The molecule has 0 spiro atoms. The van der Waals surface area contributed by atoms with Crippen molar-refractivity contribution in [2.24, 2.45) is 0 Å². The molecule has 1 N–H and O–H groups in total. The van der Waals surface area contributed by atoms with Gasteiger partial charge in [0.2, 0.25) is 5.91 Å². The molecule has 0 radical (unpaired) electrons. The van der Waals surface area contributed by atoms with Crippen LogP contribution in [-0.4, -0.2) is 37.6 Å². The van der Waals surface area contributed by atoms with E-state index in [2.05, 4.69) is 30.4 Å². The Kier molecular flexibility index (Phi) is 4.33. The number of methoxy groups -OCH3 is 1. The van der Waals surface area contributed by atoms with Crippen LogP contribution in [0.5, 0.6) is 0 Å². The predicted molar refractivity (Wildman–Crippen MR) is 70.1 cm³/mol. The molecule has 1 unspecified atom stereocenters. The number of amides is 1. The Labute approximate surface area is 108 Å². The van der Waals surface area contributed by atoms with Crippen molar-refractivity contribution in [2.75, 3.05) is 26.8 Å². The van der Waals surface area contributed by atoms with Crippen LogP contribution in [0.15, 0.2) is 24.3 Å². The number of carbonyl (C=O) groups excluding carboxylic acids is 1. The summed E-state index contributed by atoms with van der Waals surface area (Å²) in [7, 11) is 1.68. The lowest BCUT2D eigenvalue weighted by molar-refractivity contribution is -0.128. The molecule has 4 nitrogen and oxygen atoms in total. The van der Waals surface area contributed by atoms with Gasteiger partial charge in [0.1, 0.15) is 6.17 Å². The summed E-state index contributed by atoms with van der Waals surface area (Å²) in [6.07, 6.45) is 0.876. The second-order valence-corrected chi connectivity index (χ2v) is 4.63. The van der Waals surface area contributed by atoms with Crippen LogP contribution in [0.3, 0.4) is 0 Å². The molecule has 0 saturated carbocycles. The highest BCUT2D eigenvalue weighted by Gasteiger charge is 2.30. The molecule has 1 aliphatic rings. The van der Waals surface area contributed by atoms with Gasteiger partial charge in [-0.3, -0.25) is 10.1 Å². The molecule has 0 bridgehead atoms. The monoisotopic (exact) mass is 248 g/mol. The van der Waals surface area contributed by atoms with Crippen molar-refractivity contribution in [2.45, 2.75) is 19.5 Å². The highest BCUT2D eigenvalue weighted by Crippen LogP contribution is 2.23. The number of hydrogen-bond acceptors (Lipinski definition) is 3. The third-order valence-electron chi connectivity index (χ3n) is 3.18. The standard InChI is InChI=1S/C14H20N2O2/c1-11-5-3-6-12(9-11)14-15-10-13(17)16(14)7-4-8-18-2/h3,5-6,9,14-15H,4,7-8,10H2,1-2H3. The van der Waals surface area contributed by atoms with Crippen LogP contribution in [-0.2, 0) is 9.53 Å². The van der Waals surface area contributed by atoms with Crippen LogP contribution in [0.4, 0.5) is 0 Å². The van der Waals surface area contributed by atoms with Gasteiger partial charge in [0.05, 0.1) is 6.54 Å². The quantitative estimate of drug-likeness (QED) is 0.802. The molecule has 1 aromatic carbocycles. The Morgan fingerprint density at radius 3 is 3.06 bits per heavy atom. The van der Waals surface area contributed by atoms with Gasteiger partial charge in [0, 0.05) is 20.3 Å². The zero-order valence-corrected chi connectivity index (χ0v) is 11.0. The van der Waals surface area contributed by atoms with Gasteiger partial charge in [-0.2, -0.15) is 0 Å². The molecule has 0 aromatic heterocycles. The second-order valence-electron chi connectivity index (χ2n) is 4.63. The summed E-state index contributed by atoms with van der Waals surface area (Å²) in [6, 6.07) is 8.28. The minimum atomic E-state index is 0.00857. The van der Waals surface area contributed by atoms with Crippen molar-refractivity contribution >= 4 is 5.91 Å². The number of benzene rings is 1. The zero-order chi connectivity index (χ0) is 13.0. The Hall–Kier alpha value is -1.39. The maximum atomic E-state index is 11.9. The number of nitrogens with zero attached hydrogens (tertiary/aromatic N) is 1. The highest BCUT2D eigenvalue weighted by molar-refractivity contribution is 5.80. The molecule has 1 heterocycles. The van der Waals surface area contributed by atoms with Gasteiger partial charge in [-0.25, -0.2) is 0 Å². The van der Waals surface area contributed by atoms with Gasteiger partial charge >= 0.3 is 0 Å². The fourth-order valence-electron chi connectivity index (χ4n) is 2.31. The van der Waals surface area contributed by atoms with Crippen molar-refractivity contribution in [3.63, 3.8) is 0 Å². The van der Waals surface area contributed by atoms with Crippen LogP contribution >= 0.6 is 0 Å². The summed E-state index contributed by atoms with van der Waals surface area (Å²) in [5.74, 6) is 0.164. The molecule has 1 atom stereocenters. The van der Waals surface area contributed by atoms with E-state index in [4.69, 9.17) is 4.74 Å². The molecule has 1 aromatic rings. The van der Waals surface area contributed by atoms with Crippen molar-refractivity contribution in [1.82, 2.24) is 10.2 Å².